The smallest absolute Gasteiger partial charge is 0.416 e. The number of piperazine rings is 1. The van der Waals surface area contributed by atoms with Gasteiger partial charge in [-0.15, -0.1) is 0 Å². The second-order valence-corrected chi connectivity index (χ2v) is 14.7. The molecule has 6 aromatic rings. The molecule has 0 bridgehead atoms. The topological polar surface area (TPSA) is 125 Å². The van der Waals surface area contributed by atoms with Crippen LogP contribution in [0, 0.1) is 5.92 Å². The predicted molar refractivity (Wildman–Crippen MR) is 196 cm³/mol. The summed E-state index contributed by atoms with van der Waals surface area (Å²) in [5.41, 5.74) is 2.71. The van der Waals surface area contributed by atoms with Gasteiger partial charge in [-0.25, -0.2) is 13.6 Å². The van der Waals surface area contributed by atoms with E-state index in [0.29, 0.717) is 37.6 Å². The number of nitrogens with one attached hydrogen (secondary N) is 2. The minimum Gasteiger partial charge on any atom is -0.493 e. The van der Waals surface area contributed by atoms with Gasteiger partial charge in [-0.2, -0.15) is 13.2 Å². The fraction of sp³-hybridized carbons (Fsp3) is 0.256. The van der Waals surface area contributed by atoms with E-state index in [4.69, 9.17) is 9.88 Å². The first-order chi connectivity index (χ1) is 25.0. The number of anilines is 1. The van der Waals surface area contributed by atoms with Crippen LogP contribution >= 0.6 is 0 Å². The first-order valence-corrected chi connectivity index (χ1v) is 18.6. The normalized spacial score (nSPS) is 15.3. The molecular weight excluding hydrogens is 692 g/mol. The molecule has 9 nitrogen and oxygen atoms in total. The Morgan fingerprint density at radius 3 is 2.25 bits per heavy atom. The number of aromatic amines is 2. The van der Waals surface area contributed by atoms with Crippen LogP contribution in [0.15, 0.2) is 108 Å². The van der Waals surface area contributed by atoms with E-state index in [1.54, 1.807) is 17.0 Å². The van der Waals surface area contributed by atoms with Gasteiger partial charge in [-0.1, -0.05) is 36.8 Å². The first kappa shape index (κ1) is 35.1. The number of nitrogens with two attached hydrogens (primary N) is 1. The van der Waals surface area contributed by atoms with E-state index >= 15 is 0 Å². The molecule has 2 fully saturated rings. The molecule has 270 valence electrons. The molecule has 0 atom stereocenters. The summed E-state index contributed by atoms with van der Waals surface area (Å²) in [5.74, 6) is 1.45. The van der Waals surface area contributed by atoms with Gasteiger partial charge in [0.2, 0.25) is 10.0 Å². The lowest BCUT2D eigenvalue weighted by Crippen LogP contribution is -2.49. The molecular formula is C39H38F3N5O4S. The van der Waals surface area contributed by atoms with Crippen molar-refractivity contribution in [2.24, 2.45) is 11.1 Å². The van der Waals surface area contributed by atoms with Gasteiger partial charge < -0.3 is 24.5 Å². The number of halogens is 3. The lowest BCUT2D eigenvalue weighted by Gasteiger charge is -2.36. The Morgan fingerprint density at radius 2 is 1.58 bits per heavy atom. The summed E-state index contributed by atoms with van der Waals surface area (Å²) in [6.45, 7) is 2.32. The van der Waals surface area contributed by atoms with Crippen LogP contribution in [0.25, 0.3) is 33.1 Å². The van der Waals surface area contributed by atoms with Gasteiger partial charge in [-0.05, 0) is 85.5 Å². The van der Waals surface area contributed by atoms with Crippen molar-refractivity contribution in [1.82, 2.24) is 14.9 Å². The van der Waals surface area contributed by atoms with Gasteiger partial charge in [0.15, 0.2) is 0 Å². The Morgan fingerprint density at radius 1 is 0.865 bits per heavy atom. The van der Waals surface area contributed by atoms with Crippen molar-refractivity contribution in [3.05, 3.63) is 114 Å². The summed E-state index contributed by atoms with van der Waals surface area (Å²) >= 11 is 0. The Balaban J connectivity index is 0.000000231. The first-order valence-electron chi connectivity index (χ1n) is 17.1. The van der Waals surface area contributed by atoms with E-state index in [0.717, 1.165) is 46.8 Å². The molecule has 2 aromatic heterocycles. The van der Waals surface area contributed by atoms with Crippen molar-refractivity contribution in [2.45, 2.75) is 30.3 Å². The van der Waals surface area contributed by atoms with E-state index in [2.05, 4.69) is 28.2 Å². The van der Waals surface area contributed by atoms with E-state index < -0.39 is 21.8 Å². The minimum absolute atomic E-state index is 0.159. The number of H-pyrrole nitrogens is 2. The lowest BCUT2D eigenvalue weighted by molar-refractivity contribution is -0.137. The van der Waals surface area contributed by atoms with Crippen LogP contribution in [0.2, 0.25) is 0 Å². The van der Waals surface area contributed by atoms with Gasteiger partial charge in [0, 0.05) is 71.1 Å². The Bertz CT molecular complexity index is 2270. The summed E-state index contributed by atoms with van der Waals surface area (Å²) in [6, 6.07) is 26.8. The van der Waals surface area contributed by atoms with Crippen LogP contribution in [-0.4, -0.2) is 62.0 Å². The average Bonchev–Trinajstić information content (AvgIpc) is 3.78. The number of nitrogens with zero attached hydrogens (tertiary/aromatic N) is 2. The van der Waals surface area contributed by atoms with Crippen molar-refractivity contribution >= 4 is 43.4 Å². The molecule has 1 aliphatic heterocycles. The summed E-state index contributed by atoms with van der Waals surface area (Å²) in [4.78, 5) is 23.4. The molecule has 1 saturated carbocycles. The largest absolute Gasteiger partial charge is 0.493 e. The third kappa shape index (κ3) is 7.51. The minimum atomic E-state index is -4.40. The molecule has 1 saturated heterocycles. The summed E-state index contributed by atoms with van der Waals surface area (Å²) in [5, 5.41) is 7.56. The summed E-state index contributed by atoms with van der Waals surface area (Å²) < 4.78 is 69.4. The molecule has 4 aromatic carbocycles. The fourth-order valence-electron chi connectivity index (χ4n) is 6.68. The van der Waals surface area contributed by atoms with Crippen molar-refractivity contribution in [3.8, 4) is 17.0 Å². The van der Waals surface area contributed by atoms with Gasteiger partial charge in [0.25, 0.3) is 5.91 Å². The highest BCUT2D eigenvalue weighted by Gasteiger charge is 2.31. The Hall–Kier alpha value is -5.27. The van der Waals surface area contributed by atoms with Crippen molar-refractivity contribution in [1.29, 1.82) is 0 Å². The monoisotopic (exact) mass is 729 g/mol. The summed E-state index contributed by atoms with van der Waals surface area (Å²) in [6.07, 6.45) is 1.60. The van der Waals surface area contributed by atoms with Gasteiger partial charge >= 0.3 is 6.18 Å². The number of carbonyl (C=O) groups is 1. The maximum atomic E-state index is 13.6. The number of primary sulfonamides is 1. The van der Waals surface area contributed by atoms with Crippen LogP contribution in [0.1, 0.15) is 35.2 Å². The third-order valence-corrected chi connectivity index (χ3v) is 10.7. The number of hydrogen-bond acceptors (Lipinski definition) is 5. The highest BCUT2D eigenvalue weighted by molar-refractivity contribution is 7.89. The predicted octanol–water partition coefficient (Wildman–Crippen LogP) is 7.81. The number of rotatable bonds is 7. The molecule has 0 radical (unpaired) electrons. The van der Waals surface area contributed by atoms with E-state index in [1.807, 2.05) is 41.4 Å². The van der Waals surface area contributed by atoms with Crippen LogP contribution < -0.4 is 14.8 Å². The van der Waals surface area contributed by atoms with E-state index in [1.165, 1.54) is 48.9 Å². The van der Waals surface area contributed by atoms with Crippen molar-refractivity contribution < 1.29 is 31.1 Å². The van der Waals surface area contributed by atoms with Crippen molar-refractivity contribution in [2.75, 3.05) is 37.7 Å². The van der Waals surface area contributed by atoms with E-state index in [-0.39, 0.29) is 21.9 Å². The highest BCUT2D eigenvalue weighted by Crippen LogP contribution is 2.35. The van der Waals surface area contributed by atoms with Gasteiger partial charge in [0.1, 0.15) is 5.75 Å². The molecule has 52 heavy (non-hydrogen) atoms. The number of fused-ring (bicyclic) bond motifs is 2. The summed E-state index contributed by atoms with van der Waals surface area (Å²) in [7, 11) is -4.14. The van der Waals surface area contributed by atoms with Gasteiger partial charge in [-0.3, -0.25) is 4.79 Å². The molecule has 3 heterocycles. The lowest BCUT2D eigenvalue weighted by atomic mass is 9.86. The van der Waals surface area contributed by atoms with Crippen LogP contribution in [-0.2, 0) is 16.2 Å². The van der Waals surface area contributed by atoms with Crippen LogP contribution in [0.4, 0.5) is 18.9 Å². The highest BCUT2D eigenvalue weighted by atomic mass is 32.2. The quantitative estimate of drug-likeness (QED) is 0.155. The van der Waals surface area contributed by atoms with E-state index in [9.17, 15) is 26.4 Å². The van der Waals surface area contributed by atoms with Gasteiger partial charge in [0.05, 0.1) is 22.6 Å². The maximum Gasteiger partial charge on any atom is 0.416 e. The average molecular weight is 730 g/mol. The second-order valence-electron chi connectivity index (χ2n) is 13.1. The number of sulfonamides is 1. The maximum absolute atomic E-state index is 13.6. The molecule has 4 N–H and O–H groups in total. The molecule has 8 rings (SSSR count). The number of amides is 1. The molecule has 0 spiro atoms. The standard InChI is InChI=1S/C26H23F3N4O3S.C13H15NO/c27-26(28,29)18-8-10-19(11-9-18)32-12-14-33(15-13-32)25(34)20-5-3-7-23(37(30,35)36)24(20)22-16-17-4-1-2-6-21(17)31-22;1-3-10(4-1)9-15-13-6-2-5-12-11(13)7-8-14-12/h1-11,16,31H,12-15H2,(H2,30,35,36);2,5-8,10,14H,1,3-4,9H2. The molecule has 2 aliphatic rings. The zero-order chi connectivity index (χ0) is 36.5. The molecule has 1 aliphatic carbocycles. The zero-order valence-electron chi connectivity index (χ0n) is 28.2. The number of para-hydroxylation sites is 1. The molecule has 1 amide bonds. The number of aromatic nitrogens is 2. The third-order valence-electron chi connectivity index (χ3n) is 9.74. The number of benzene rings is 4. The van der Waals surface area contributed by atoms with Crippen molar-refractivity contribution in [3.63, 3.8) is 0 Å². The van der Waals surface area contributed by atoms with Crippen LogP contribution in [0.3, 0.4) is 0 Å². The molecule has 13 heteroatoms. The number of ether oxygens (including phenoxy) is 1. The molecule has 0 unspecified atom stereocenters. The number of carbonyl (C=O) groups excluding carboxylic acids is 1. The number of hydrogen-bond donors (Lipinski definition) is 3. The van der Waals surface area contributed by atoms with Crippen LogP contribution in [0.5, 0.6) is 5.75 Å². The fourth-order valence-corrected chi connectivity index (χ4v) is 7.45. The number of alkyl halides is 3. The Kier molecular flexibility index (Phi) is 9.73. The Labute approximate surface area is 299 Å². The zero-order valence-corrected chi connectivity index (χ0v) is 29.0. The SMILES string of the molecule is NS(=O)(=O)c1cccc(C(=O)N2CCN(c3ccc(C(F)(F)F)cc3)CC2)c1-c1cc2ccccc2[nH]1.c1cc(OCC2CCC2)c2cc[nH]c2c1. The second kappa shape index (κ2) is 14.4.